The van der Waals surface area contributed by atoms with Crippen LogP contribution < -0.4 is 0 Å². The number of rotatable bonds is 3. The molecule has 12 rings (SSSR count). The van der Waals surface area contributed by atoms with Crippen molar-refractivity contribution in [2.75, 3.05) is 0 Å². The Morgan fingerprint density at radius 2 is 1.00 bits per heavy atom. The Bertz CT molecular complexity index is 3280. The second-order valence-corrected chi connectivity index (χ2v) is 14.0. The molecule has 0 saturated heterocycles. The summed E-state index contributed by atoms with van der Waals surface area (Å²) in [6.07, 6.45) is 1.93. The molecular formula is C49H29N3. The van der Waals surface area contributed by atoms with E-state index in [2.05, 4.69) is 179 Å². The molecule has 0 unspecified atom stereocenters. The molecule has 3 heterocycles. The van der Waals surface area contributed by atoms with Gasteiger partial charge in [-0.25, -0.2) is 0 Å². The van der Waals surface area contributed by atoms with Gasteiger partial charge in [-0.15, -0.1) is 0 Å². The highest BCUT2D eigenvalue weighted by Gasteiger charge is 2.24. The number of fused-ring (bicyclic) bond motifs is 10. The number of hydrogen-bond acceptors (Lipinski definition) is 1. The van der Waals surface area contributed by atoms with Crippen LogP contribution in [0.25, 0.3) is 110 Å². The van der Waals surface area contributed by atoms with Crippen LogP contribution >= 0.6 is 0 Å². The Hall–Kier alpha value is -6.97. The highest BCUT2D eigenvalue weighted by Crippen LogP contribution is 2.47. The van der Waals surface area contributed by atoms with E-state index in [0.717, 1.165) is 11.4 Å². The summed E-state index contributed by atoms with van der Waals surface area (Å²) in [4.78, 5) is 4.87. The lowest BCUT2D eigenvalue weighted by atomic mass is 10.00. The molecule has 0 bridgehead atoms. The molecule has 0 N–H and O–H groups in total. The number of benzene rings is 8. The third-order valence-corrected chi connectivity index (χ3v) is 11.3. The zero-order valence-electron chi connectivity index (χ0n) is 28.1. The van der Waals surface area contributed by atoms with Gasteiger partial charge in [-0.2, -0.15) is 0 Å². The molecule has 0 aliphatic heterocycles. The normalized spacial score (nSPS) is 12.2. The standard InChI is InChI=1S/C49H29N3/c1-2-12-35(13-3-1)51-46-22-18-34(27-41(46)42-25-31-9-4-5-10-32(31)28-47(42)51)33-17-21-45-40(26-33)38-14-6-7-16-44(38)52(45)36-19-20-37-39-15-8-11-30-23-24-50-49(48(30)39)43(37)29-36/h1-29H. The van der Waals surface area contributed by atoms with Gasteiger partial charge in [-0.05, 0) is 111 Å². The maximum absolute atomic E-state index is 4.87. The lowest BCUT2D eigenvalue weighted by Crippen LogP contribution is -1.95. The predicted molar refractivity (Wildman–Crippen MR) is 218 cm³/mol. The Labute approximate surface area is 299 Å². The SMILES string of the molecule is c1ccc(-n2c3ccc(-c4ccc5c(c4)c4ccccc4n5-c4ccc5c(c4)-c4nccc6cccc-5c46)cc3c3cc4ccccc4cc32)cc1. The molecule has 8 aromatic carbocycles. The van der Waals surface area contributed by atoms with Crippen LogP contribution in [0.5, 0.6) is 0 Å². The highest BCUT2D eigenvalue weighted by atomic mass is 15.0. The summed E-state index contributed by atoms with van der Waals surface area (Å²) >= 11 is 0. The predicted octanol–water partition coefficient (Wildman–Crippen LogP) is 12.9. The molecule has 1 aliphatic carbocycles. The zero-order chi connectivity index (χ0) is 33.9. The van der Waals surface area contributed by atoms with Gasteiger partial charge in [-0.1, -0.05) is 97.1 Å². The summed E-state index contributed by atoms with van der Waals surface area (Å²) in [7, 11) is 0. The van der Waals surface area contributed by atoms with Crippen molar-refractivity contribution >= 4 is 65.2 Å². The average Bonchev–Trinajstić information content (AvgIpc) is 3.83. The van der Waals surface area contributed by atoms with Crippen molar-refractivity contribution < 1.29 is 0 Å². The van der Waals surface area contributed by atoms with Crippen LogP contribution in [0, 0.1) is 0 Å². The van der Waals surface area contributed by atoms with E-state index in [0.29, 0.717) is 0 Å². The van der Waals surface area contributed by atoms with Crippen molar-refractivity contribution in [1.82, 2.24) is 14.1 Å². The molecule has 0 spiro atoms. The van der Waals surface area contributed by atoms with Crippen LogP contribution in [0.15, 0.2) is 176 Å². The van der Waals surface area contributed by atoms with Gasteiger partial charge in [-0.3, -0.25) is 4.98 Å². The van der Waals surface area contributed by atoms with Crippen molar-refractivity contribution in [2.45, 2.75) is 0 Å². The molecule has 1 aliphatic rings. The Kier molecular flexibility index (Phi) is 5.50. The van der Waals surface area contributed by atoms with Crippen LogP contribution in [-0.4, -0.2) is 14.1 Å². The van der Waals surface area contributed by atoms with E-state index in [1.807, 2.05) is 6.20 Å². The monoisotopic (exact) mass is 659 g/mol. The van der Waals surface area contributed by atoms with E-state index in [-0.39, 0.29) is 0 Å². The van der Waals surface area contributed by atoms with Crippen molar-refractivity contribution in [3.63, 3.8) is 0 Å². The largest absolute Gasteiger partial charge is 0.309 e. The van der Waals surface area contributed by atoms with E-state index in [4.69, 9.17) is 4.98 Å². The maximum Gasteiger partial charge on any atom is 0.0793 e. The fourth-order valence-corrected chi connectivity index (χ4v) is 8.93. The van der Waals surface area contributed by atoms with Crippen LogP contribution in [0.2, 0.25) is 0 Å². The van der Waals surface area contributed by atoms with E-state index < -0.39 is 0 Å². The van der Waals surface area contributed by atoms with E-state index in [1.54, 1.807) is 0 Å². The first-order valence-electron chi connectivity index (χ1n) is 17.9. The van der Waals surface area contributed by atoms with Crippen LogP contribution in [0.3, 0.4) is 0 Å². The van der Waals surface area contributed by atoms with Gasteiger partial charge in [0.2, 0.25) is 0 Å². The molecule has 0 fully saturated rings. The quantitative estimate of drug-likeness (QED) is 0.185. The van der Waals surface area contributed by atoms with Gasteiger partial charge in [0.25, 0.3) is 0 Å². The Morgan fingerprint density at radius 1 is 0.346 bits per heavy atom. The fourth-order valence-electron chi connectivity index (χ4n) is 8.93. The van der Waals surface area contributed by atoms with Gasteiger partial charge in [0.15, 0.2) is 0 Å². The molecule has 240 valence electrons. The number of pyridine rings is 1. The minimum absolute atomic E-state index is 1.07. The molecule has 3 aromatic heterocycles. The minimum Gasteiger partial charge on any atom is -0.309 e. The second-order valence-electron chi connectivity index (χ2n) is 14.0. The number of para-hydroxylation sites is 2. The van der Waals surface area contributed by atoms with Crippen molar-refractivity contribution in [1.29, 1.82) is 0 Å². The summed E-state index contributed by atoms with van der Waals surface area (Å²) in [5, 5.41) is 10.0. The van der Waals surface area contributed by atoms with Crippen LogP contribution in [0.4, 0.5) is 0 Å². The third kappa shape index (κ3) is 3.77. The van der Waals surface area contributed by atoms with Crippen LogP contribution in [-0.2, 0) is 0 Å². The maximum atomic E-state index is 4.87. The molecule has 0 atom stereocenters. The van der Waals surface area contributed by atoms with E-state index in [9.17, 15) is 0 Å². The van der Waals surface area contributed by atoms with Gasteiger partial charge in [0.1, 0.15) is 0 Å². The van der Waals surface area contributed by atoms with Crippen molar-refractivity contribution in [2.24, 2.45) is 0 Å². The van der Waals surface area contributed by atoms with Gasteiger partial charge in [0.05, 0.1) is 27.8 Å². The molecule has 3 heteroatoms. The summed E-state index contributed by atoms with van der Waals surface area (Å²) in [5.41, 5.74) is 14.3. The first-order valence-corrected chi connectivity index (χ1v) is 17.9. The molecular weight excluding hydrogens is 631 g/mol. The molecule has 0 radical (unpaired) electrons. The lowest BCUT2D eigenvalue weighted by molar-refractivity contribution is 1.18. The third-order valence-electron chi connectivity index (χ3n) is 11.3. The van der Waals surface area contributed by atoms with Crippen LogP contribution in [0.1, 0.15) is 0 Å². The first kappa shape index (κ1) is 27.8. The molecule has 3 nitrogen and oxygen atoms in total. The number of nitrogens with zero attached hydrogens (tertiary/aromatic N) is 3. The van der Waals surface area contributed by atoms with E-state index in [1.165, 1.54) is 98.7 Å². The number of hydrogen-bond donors (Lipinski definition) is 0. The number of aromatic nitrogens is 3. The first-order chi connectivity index (χ1) is 25.8. The smallest absolute Gasteiger partial charge is 0.0793 e. The molecule has 0 amide bonds. The van der Waals surface area contributed by atoms with E-state index >= 15 is 0 Å². The molecule has 52 heavy (non-hydrogen) atoms. The summed E-state index contributed by atoms with van der Waals surface area (Å²) in [6.45, 7) is 0. The van der Waals surface area contributed by atoms with Gasteiger partial charge >= 0.3 is 0 Å². The summed E-state index contributed by atoms with van der Waals surface area (Å²) < 4.78 is 4.82. The fraction of sp³-hybridized carbons (Fsp3) is 0. The topological polar surface area (TPSA) is 22.8 Å². The second kappa shape index (κ2) is 10.3. The van der Waals surface area contributed by atoms with Gasteiger partial charge in [0, 0.05) is 50.1 Å². The van der Waals surface area contributed by atoms with Crippen molar-refractivity contribution in [3.05, 3.63) is 176 Å². The Morgan fingerprint density at radius 3 is 1.83 bits per heavy atom. The molecule has 11 aromatic rings. The summed E-state index contributed by atoms with van der Waals surface area (Å²) in [6, 6.07) is 62.3. The Balaban J connectivity index is 1.05. The zero-order valence-corrected chi connectivity index (χ0v) is 28.1. The van der Waals surface area contributed by atoms with Crippen molar-refractivity contribution in [3.8, 4) is 44.9 Å². The average molecular weight is 660 g/mol. The summed E-state index contributed by atoms with van der Waals surface area (Å²) in [5.74, 6) is 0. The molecule has 0 saturated carbocycles. The van der Waals surface area contributed by atoms with Gasteiger partial charge < -0.3 is 9.13 Å². The highest BCUT2D eigenvalue weighted by molar-refractivity contribution is 6.16. The minimum atomic E-state index is 1.07. The lowest BCUT2D eigenvalue weighted by Gasteiger charge is -2.11.